The number of benzene rings is 1. The molecule has 0 aliphatic heterocycles. The van der Waals surface area contributed by atoms with Crippen molar-refractivity contribution >= 4 is 17.6 Å². The van der Waals surface area contributed by atoms with Crippen molar-refractivity contribution in [1.29, 1.82) is 0 Å². The van der Waals surface area contributed by atoms with Crippen molar-refractivity contribution in [2.24, 2.45) is 0 Å². The van der Waals surface area contributed by atoms with Gasteiger partial charge in [0.05, 0.1) is 18.7 Å². The lowest BCUT2D eigenvalue weighted by molar-refractivity contribution is -0.137. The second-order valence-electron chi connectivity index (χ2n) is 4.28. The molecule has 0 aromatic heterocycles. The van der Waals surface area contributed by atoms with Crippen LogP contribution in [0.3, 0.4) is 0 Å². The summed E-state index contributed by atoms with van der Waals surface area (Å²) in [6, 6.07) is 1.62. The summed E-state index contributed by atoms with van der Waals surface area (Å²) in [4.78, 5) is 23.7. The summed E-state index contributed by atoms with van der Waals surface area (Å²) >= 11 is 0. The topological polar surface area (TPSA) is 69.6 Å². The zero-order valence-electron chi connectivity index (χ0n) is 11.3. The van der Waals surface area contributed by atoms with Crippen molar-refractivity contribution in [3.63, 3.8) is 0 Å². The maximum Gasteiger partial charge on any atom is 0.304 e. The SMILES string of the molecule is CCN(CCC(=O)O)CC(=O)Nc1ccc(F)c(F)c1F. The number of carboxylic acids is 1. The van der Waals surface area contributed by atoms with Gasteiger partial charge in [-0.1, -0.05) is 6.92 Å². The Hall–Kier alpha value is -2.09. The van der Waals surface area contributed by atoms with Gasteiger partial charge in [-0.3, -0.25) is 14.5 Å². The fourth-order valence-electron chi connectivity index (χ4n) is 1.62. The molecule has 0 unspecified atom stereocenters. The molecule has 8 heteroatoms. The predicted octanol–water partition coefficient (Wildman–Crippen LogP) is 1.84. The maximum absolute atomic E-state index is 13.4. The number of carbonyl (C=O) groups excluding carboxylic acids is 1. The Bertz CT molecular complexity index is 538. The lowest BCUT2D eigenvalue weighted by Gasteiger charge is -2.18. The minimum absolute atomic E-state index is 0.138. The van der Waals surface area contributed by atoms with Crippen LogP contribution in [0.5, 0.6) is 0 Å². The first-order valence-corrected chi connectivity index (χ1v) is 6.22. The Kier molecular flexibility index (Phi) is 6.16. The summed E-state index contributed by atoms with van der Waals surface area (Å²) in [6.45, 7) is 2.12. The van der Waals surface area contributed by atoms with Crippen LogP contribution in [0, 0.1) is 17.5 Å². The van der Waals surface area contributed by atoms with E-state index in [-0.39, 0.29) is 19.5 Å². The highest BCUT2D eigenvalue weighted by Gasteiger charge is 2.16. The Labute approximate surface area is 119 Å². The number of anilines is 1. The van der Waals surface area contributed by atoms with E-state index in [1.807, 2.05) is 0 Å². The molecule has 0 fully saturated rings. The average molecular weight is 304 g/mol. The van der Waals surface area contributed by atoms with Gasteiger partial charge in [0.2, 0.25) is 5.91 Å². The molecule has 0 spiro atoms. The fraction of sp³-hybridized carbons (Fsp3) is 0.385. The summed E-state index contributed by atoms with van der Waals surface area (Å²) in [5.74, 6) is -6.13. The number of carbonyl (C=O) groups is 2. The van der Waals surface area contributed by atoms with Crippen LogP contribution in [-0.4, -0.2) is 41.5 Å². The van der Waals surface area contributed by atoms with Gasteiger partial charge in [0.15, 0.2) is 17.5 Å². The molecule has 116 valence electrons. The molecular formula is C13H15F3N2O3. The molecule has 0 heterocycles. The monoisotopic (exact) mass is 304 g/mol. The molecule has 0 atom stereocenters. The van der Waals surface area contributed by atoms with Gasteiger partial charge >= 0.3 is 5.97 Å². The molecule has 1 rings (SSSR count). The van der Waals surface area contributed by atoms with Crippen LogP contribution < -0.4 is 5.32 Å². The normalized spacial score (nSPS) is 10.7. The molecule has 0 aliphatic carbocycles. The molecule has 1 amide bonds. The van der Waals surface area contributed by atoms with Crippen LogP contribution in [0.1, 0.15) is 13.3 Å². The van der Waals surface area contributed by atoms with Crippen LogP contribution in [0.2, 0.25) is 0 Å². The van der Waals surface area contributed by atoms with E-state index in [0.29, 0.717) is 12.6 Å². The number of hydrogen-bond donors (Lipinski definition) is 2. The average Bonchev–Trinajstić information content (AvgIpc) is 2.44. The van der Waals surface area contributed by atoms with E-state index < -0.39 is 35.0 Å². The highest BCUT2D eigenvalue weighted by atomic mass is 19.2. The van der Waals surface area contributed by atoms with E-state index in [4.69, 9.17) is 5.11 Å². The number of aliphatic carboxylic acids is 1. The molecule has 5 nitrogen and oxygen atoms in total. The fourth-order valence-corrected chi connectivity index (χ4v) is 1.62. The quantitative estimate of drug-likeness (QED) is 0.754. The van der Waals surface area contributed by atoms with Crippen molar-refractivity contribution in [3.05, 3.63) is 29.6 Å². The Morgan fingerprint density at radius 2 is 1.90 bits per heavy atom. The number of rotatable bonds is 7. The van der Waals surface area contributed by atoms with Crippen LogP contribution in [0.25, 0.3) is 0 Å². The van der Waals surface area contributed by atoms with Gasteiger partial charge in [-0.2, -0.15) is 0 Å². The predicted molar refractivity (Wildman–Crippen MR) is 69.3 cm³/mol. The van der Waals surface area contributed by atoms with Gasteiger partial charge in [-0.15, -0.1) is 0 Å². The van der Waals surface area contributed by atoms with Gasteiger partial charge in [0.25, 0.3) is 0 Å². The molecule has 0 bridgehead atoms. The zero-order chi connectivity index (χ0) is 16.0. The summed E-state index contributed by atoms with van der Waals surface area (Å²) in [6.07, 6.45) is -0.138. The number of halogens is 3. The second-order valence-corrected chi connectivity index (χ2v) is 4.28. The van der Waals surface area contributed by atoms with Gasteiger partial charge in [-0.05, 0) is 18.7 Å². The molecule has 21 heavy (non-hydrogen) atoms. The maximum atomic E-state index is 13.4. The third kappa shape index (κ3) is 5.07. The summed E-state index contributed by atoms with van der Waals surface area (Å²) < 4.78 is 39.1. The first-order chi connectivity index (χ1) is 9.85. The molecule has 0 radical (unpaired) electrons. The van der Waals surface area contributed by atoms with E-state index in [9.17, 15) is 22.8 Å². The standard InChI is InChI=1S/C13H15F3N2O3/c1-2-18(6-5-11(20)21)7-10(19)17-9-4-3-8(14)12(15)13(9)16/h3-4H,2,5-7H2,1H3,(H,17,19)(H,20,21). The summed E-state index contributed by atoms with van der Waals surface area (Å²) in [7, 11) is 0. The minimum atomic E-state index is -1.66. The lowest BCUT2D eigenvalue weighted by atomic mass is 10.2. The van der Waals surface area contributed by atoms with E-state index >= 15 is 0 Å². The molecule has 0 aliphatic rings. The van der Waals surface area contributed by atoms with Crippen LogP contribution >= 0.6 is 0 Å². The van der Waals surface area contributed by atoms with Crippen LogP contribution in [-0.2, 0) is 9.59 Å². The molecule has 0 saturated heterocycles. The van der Waals surface area contributed by atoms with E-state index in [1.165, 1.54) is 4.90 Å². The Morgan fingerprint density at radius 1 is 1.24 bits per heavy atom. The number of nitrogens with zero attached hydrogens (tertiary/aromatic N) is 1. The van der Waals surface area contributed by atoms with Crippen molar-refractivity contribution in [3.8, 4) is 0 Å². The van der Waals surface area contributed by atoms with Gasteiger partial charge < -0.3 is 10.4 Å². The lowest BCUT2D eigenvalue weighted by Crippen LogP contribution is -2.34. The van der Waals surface area contributed by atoms with Crippen molar-refractivity contribution < 1.29 is 27.9 Å². The molecule has 1 aromatic rings. The second kappa shape index (κ2) is 7.63. The third-order valence-corrected chi connectivity index (χ3v) is 2.77. The van der Waals surface area contributed by atoms with E-state index in [2.05, 4.69) is 5.32 Å². The molecule has 1 aromatic carbocycles. The van der Waals surface area contributed by atoms with Gasteiger partial charge in [-0.25, -0.2) is 13.2 Å². The van der Waals surface area contributed by atoms with Crippen LogP contribution in [0.15, 0.2) is 12.1 Å². The van der Waals surface area contributed by atoms with Gasteiger partial charge in [0.1, 0.15) is 0 Å². The summed E-state index contributed by atoms with van der Waals surface area (Å²) in [5, 5.41) is 10.7. The molecular weight excluding hydrogens is 289 g/mol. The first kappa shape index (κ1) is 17.0. The van der Waals surface area contributed by atoms with Crippen molar-refractivity contribution in [2.45, 2.75) is 13.3 Å². The smallest absolute Gasteiger partial charge is 0.304 e. The Balaban J connectivity index is 2.64. The first-order valence-electron chi connectivity index (χ1n) is 6.22. The van der Waals surface area contributed by atoms with E-state index in [0.717, 1.165) is 6.07 Å². The van der Waals surface area contributed by atoms with Crippen LogP contribution in [0.4, 0.5) is 18.9 Å². The minimum Gasteiger partial charge on any atom is -0.481 e. The number of nitrogens with one attached hydrogen (secondary N) is 1. The van der Waals surface area contributed by atoms with Crippen molar-refractivity contribution in [2.75, 3.05) is 25.0 Å². The highest BCUT2D eigenvalue weighted by Crippen LogP contribution is 2.19. The summed E-state index contributed by atoms with van der Waals surface area (Å²) in [5.41, 5.74) is -0.465. The van der Waals surface area contributed by atoms with E-state index in [1.54, 1.807) is 6.92 Å². The molecule has 2 N–H and O–H groups in total. The molecule has 0 saturated carbocycles. The highest BCUT2D eigenvalue weighted by molar-refractivity contribution is 5.92. The Morgan fingerprint density at radius 3 is 2.48 bits per heavy atom. The van der Waals surface area contributed by atoms with Gasteiger partial charge in [0, 0.05) is 6.54 Å². The van der Waals surface area contributed by atoms with Crippen molar-refractivity contribution in [1.82, 2.24) is 4.90 Å². The number of likely N-dealkylation sites (N-methyl/N-ethyl adjacent to an activating group) is 1. The zero-order valence-corrected chi connectivity index (χ0v) is 11.3. The number of hydrogen-bond acceptors (Lipinski definition) is 3. The largest absolute Gasteiger partial charge is 0.481 e. The number of amides is 1. The third-order valence-electron chi connectivity index (χ3n) is 2.77. The number of carboxylic acid groups (broad SMARTS) is 1.